The average Bonchev–Trinajstić information content (AvgIpc) is 3.09. The SMILES string of the molecule is COC(=O)[C@H](NC(=O)[C@H]1C[C@@H]1c1cnn(C)c1)C(C)(C)C. The highest BCUT2D eigenvalue weighted by Crippen LogP contribution is 2.47. The van der Waals surface area contributed by atoms with Crippen LogP contribution in [-0.4, -0.2) is 34.8 Å². The van der Waals surface area contributed by atoms with Gasteiger partial charge >= 0.3 is 5.97 Å². The molecule has 1 aliphatic rings. The van der Waals surface area contributed by atoms with Crippen LogP contribution in [0.25, 0.3) is 0 Å². The van der Waals surface area contributed by atoms with Gasteiger partial charge < -0.3 is 10.1 Å². The van der Waals surface area contributed by atoms with E-state index in [0.717, 1.165) is 12.0 Å². The predicted octanol–water partition coefficient (Wildman–Crippen LogP) is 1.23. The molecule has 3 atom stereocenters. The van der Waals surface area contributed by atoms with Crippen molar-refractivity contribution < 1.29 is 14.3 Å². The van der Waals surface area contributed by atoms with Gasteiger partial charge in [0, 0.05) is 19.2 Å². The van der Waals surface area contributed by atoms with Crippen molar-refractivity contribution in [1.82, 2.24) is 15.1 Å². The second-order valence-electron chi connectivity index (χ2n) is 6.73. The topological polar surface area (TPSA) is 73.2 Å². The van der Waals surface area contributed by atoms with Crippen molar-refractivity contribution in [2.45, 2.75) is 39.2 Å². The van der Waals surface area contributed by atoms with Gasteiger partial charge in [0.1, 0.15) is 6.04 Å². The third kappa shape index (κ3) is 3.43. The van der Waals surface area contributed by atoms with Crippen molar-refractivity contribution in [3.05, 3.63) is 18.0 Å². The molecular weight excluding hydrogens is 270 g/mol. The van der Waals surface area contributed by atoms with Crippen molar-refractivity contribution >= 4 is 11.9 Å². The van der Waals surface area contributed by atoms with Gasteiger partial charge in [-0.15, -0.1) is 0 Å². The summed E-state index contributed by atoms with van der Waals surface area (Å²) in [7, 11) is 3.19. The second kappa shape index (κ2) is 5.50. The van der Waals surface area contributed by atoms with Gasteiger partial charge in [-0.05, 0) is 23.3 Å². The van der Waals surface area contributed by atoms with E-state index in [9.17, 15) is 9.59 Å². The number of hydrogen-bond acceptors (Lipinski definition) is 4. The molecule has 0 radical (unpaired) electrons. The van der Waals surface area contributed by atoms with Crippen LogP contribution in [0.1, 0.15) is 38.7 Å². The van der Waals surface area contributed by atoms with Gasteiger partial charge in [0.15, 0.2) is 0 Å². The zero-order valence-electron chi connectivity index (χ0n) is 13.2. The molecule has 1 amide bonds. The maximum absolute atomic E-state index is 12.3. The number of esters is 1. The molecule has 0 bridgehead atoms. The Balaban J connectivity index is 2.00. The lowest BCUT2D eigenvalue weighted by atomic mass is 9.86. The van der Waals surface area contributed by atoms with Gasteiger partial charge in [-0.2, -0.15) is 5.10 Å². The van der Waals surface area contributed by atoms with Crippen molar-refractivity contribution in [2.75, 3.05) is 7.11 Å². The summed E-state index contributed by atoms with van der Waals surface area (Å²) in [6.45, 7) is 5.71. The van der Waals surface area contributed by atoms with Gasteiger partial charge in [0.25, 0.3) is 0 Å². The lowest BCUT2D eigenvalue weighted by Gasteiger charge is -2.29. The highest BCUT2D eigenvalue weighted by molar-refractivity contribution is 5.88. The van der Waals surface area contributed by atoms with E-state index in [-0.39, 0.29) is 23.2 Å². The fourth-order valence-electron chi connectivity index (χ4n) is 2.48. The molecule has 116 valence electrons. The van der Waals surface area contributed by atoms with Crippen LogP contribution in [0.4, 0.5) is 0 Å². The molecule has 21 heavy (non-hydrogen) atoms. The van der Waals surface area contributed by atoms with Crippen molar-refractivity contribution in [3.63, 3.8) is 0 Å². The van der Waals surface area contributed by atoms with E-state index in [4.69, 9.17) is 4.74 Å². The first-order valence-corrected chi connectivity index (χ1v) is 7.10. The highest BCUT2D eigenvalue weighted by Gasteiger charge is 2.46. The van der Waals surface area contributed by atoms with Crippen LogP contribution in [0.2, 0.25) is 0 Å². The summed E-state index contributed by atoms with van der Waals surface area (Å²) in [4.78, 5) is 24.2. The Hall–Kier alpha value is -1.85. The number of aryl methyl sites for hydroxylation is 1. The third-order valence-corrected chi connectivity index (χ3v) is 3.87. The average molecular weight is 293 g/mol. The summed E-state index contributed by atoms with van der Waals surface area (Å²) < 4.78 is 6.52. The van der Waals surface area contributed by atoms with Crippen LogP contribution in [0.3, 0.4) is 0 Å². The lowest BCUT2D eigenvalue weighted by molar-refractivity contribution is -0.148. The normalized spacial score (nSPS) is 22.5. The fraction of sp³-hybridized carbons (Fsp3) is 0.667. The Bertz CT molecular complexity index is 545. The monoisotopic (exact) mass is 293 g/mol. The van der Waals surface area contributed by atoms with E-state index in [1.165, 1.54) is 7.11 Å². The van der Waals surface area contributed by atoms with Crippen molar-refractivity contribution in [2.24, 2.45) is 18.4 Å². The number of hydrogen-bond donors (Lipinski definition) is 1. The molecule has 0 aliphatic heterocycles. The van der Waals surface area contributed by atoms with Gasteiger partial charge in [0.2, 0.25) is 5.91 Å². The maximum Gasteiger partial charge on any atom is 0.328 e. The summed E-state index contributed by atoms with van der Waals surface area (Å²) in [5.74, 6) is -0.371. The summed E-state index contributed by atoms with van der Waals surface area (Å²) in [6, 6.07) is -0.634. The first-order valence-electron chi connectivity index (χ1n) is 7.10. The Labute approximate surface area is 124 Å². The summed E-state index contributed by atoms with van der Waals surface area (Å²) in [6.07, 6.45) is 4.52. The first-order chi connectivity index (χ1) is 9.74. The number of aromatic nitrogens is 2. The standard InChI is InChI=1S/C15H23N3O3/c1-15(2,3)12(14(20)21-5)17-13(19)11-6-10(11)9-7-16-18(4)8-9/h7-8,10-12H,6H2,1-5H3,(H,17,19)/t10-,11+,12+/m1/s1. The molecule has 1 fully saturated rings. The predicted molar refractivity (Wildman–Crippen MR) is 77.5 cm³/mol. The Kier molecular flexibility index (Phi) is 4.07. The molecule has 0 unspecified atom stereocenters. The van der Waals surface area contributed by atoms with Crippen LogP contribution in [0, 0.1) is 11.3 Å². The molecule has 6 heteroatoms. The Morgan fingerprint density at radius 2 is 2.14 bits per heavy atom. The minimum absolute atomic E-state index is 0.0799. The van der Waals surface area contributed by atoms with E-state index >= 15 is 0 Å². The third-order valence-electron chi connectivity index (χ3n) is 3.87. The molecule has 2 rings (SSSR count). The minimum Gasteiger partial charge on any atom is -0.467 e. The first kappa shape index (κ1) is 15.5. The molecule has 0 aromatic carbocycles. The van der Waals surface area contributed by atoms with E-state index < -0.39 is 12.0 Å². The molecule has 1 heterocycles. The molecule has 0 saturated heterocycles. The van der Waals surface area contributed by atoms with Gasteiger partial charge in [-0.1, -0.05) is 20.8 Å². The van der Waals surface area contributed by atoms with Crippen LogP contribution in [-0.2, 0) is 21.4 Å². The molecule has 1 aromatic rings. The van der Waals surface area contributed by atoms with Gasteiger partial charge in [-0.3, -0.25) is 9.48 Å². The van der Waals surface area contributed by atoms with Crippen LogP contribution in [0.15, 0.2) is 12.4 Å². The number of carbonyl (C=O) groups excluding carboxylic acids is 2. The minimum atomic E-state index is -0.634. The lowest BCUT2D eigenvalue weighted by Crippen LogP contribution is -2.50. The second-order valence-corrected chi connectivity index (χ2v) is 6.73. The highest BCUT2D eigenvalue weighted by atomic mass is 16.5. The number of rotatable bonds is 4. The van der Waals surface area contributed by atoms with Crippen LogP contribution >= 0.6 is 0 Å². The largest absolute Gasteiger partial charge is 0.467 e. The molecule has 0 spiro atoms. The Morgan fingerprint density at radius 1 is 1.48 bits per heavy atom. The summed E-state index contributed by atoms with van der Waals surface area (Å²) >= 11 is 0. The van der Waals surface area contributed by atoms with Crippen LogP contribution in [0.5, 0.6) is 0 Å². The molecule has 1 N–H and O–H groups in total. The van der Waals surface area contributed by atoms with Gasteiger partial charge in [0.05, 0.1) is 13.3 Å². The number of nitrogens with zero attached hydrogens (tertiary/aromatic N) is 2. The summed E-state index contributed by atoms with van der Waals surface area (Å²) in [5, 5.41) is 6.96. The zero-order chi connectivity index (χ0) is 15.8. The quantitative estimate of drug-likeness (QED) is 0.847. The number of nitrogens with one attached hydrogen (secondary N) is 1. The molecule has 6 nitrogen and oxygen atoms in total. The van der Waals surface area contributed by atoms with E-state index in [0.29, 0.717) is 0 Å². The molecule has 1 aromatic heterocycles. The number of carbonyl (C=O) groups is 2. The van der Waals surface area contributed by atoms with E-state index in [1.54, 1.807) is 10.9 Å². The smallest absolute Gasteiger partial charge is 0.328 e. The van der Waals surface area contributed by atoms with Crippen LogP contribution < -0.4 is 5.32 Å². The molecule has 1 saturated carbocycles. The van der Waals surface area contributed by atoms with E-state index in [1.807, 2.05) is 34.0 Å². The van der Waals surface area contributed by atoms with Crippen molar-refractivity contribution in [3.8, 4) is 0 Å². The maximum atomic E-state index is 12.3. The van der Waals surface area contributed by atoms with Gasteiger partial charge in [-0.25, -0.2) is 4.79 Å². The van der Waals surface area contributed by atoms with E-state index in [2.05, 4.69) is 10.4 Å². The number of amides is 1. The molecule has 1 aliphatic carbocycles. The number of ether oxygens (including phenoxy) is 1. The zero-order valence-corrected chi connectivity index (χ0v) is 13.2. The number of methoxy groups -OCH3 is 1. The molecular formula is C15H23N3O3. The Morgan fingerprint density at radius 3 is 2.62 bits per heavy atom. The van der Waals surface area contributed by atoms with Crippen molar-refractivity contribution in [1.29, 1.82) is 0 Å². The summed E-state index contributed by atoms with van der Waals surface area (Å²) in [5.41, 5.74) is 0.685. The fourth-order valence-corrected chi connectivity index (χ4v) is 2.48.